The predicted octanol–water partition coefficient (Wildman–Crippen LogP) is 3.51. The average Bonchev–Trinajstić information content (AvgIpc) is 3.19. The fourth-order valence-corrected chi connectivity index (χ4v) is 2.49. The maximum Gasteiger partial charge on any atom is 0.289 e. The van der Waals surface area contributed by atoms with Crippen LogP contribution < -0.4 is 14.9 Å². The molecule has 0 saturated heterocycles. The zero-order chi connectivity index (χ0) is 19.2. The summed E-state index contributed by atoms with van der Waals surface area (Å²) in [5.74, 6) is 0.864. The number of aromatic nitrogens is 2. The summed E-state index contributed by atoms with van der Waals surface area (Å²) in [6.07, 6.45) is 1.52. The SMILES string of the molecule is COc1ccc(OC)c(-c2cc(C(=O)N/N=C/c3ccc(Cl)cc3)[nH]n2)c1. The summed E-state index contributed by atoms with van der Waals surface area (Å²) >= 11 is 5.83. The molecule has 0 unspecified atom stereocenters. The highest BCUT2D eigenvalue weighted by Crippen LogP contribution is 2.32. The second-order valence-corrected chi connectivity index (χ2v) is 5.92. The Morgan fingerprint density at radius 1 is 1.15 bits per heavy atom. The van der Waals surface area contributed by atoms with Gasteiger partial charge in [-0.3, -0.25) is 9.89 Å². The molecule has 0 atom stereocenters. The minimum atomic E-state index is -0.416. The van der Waals surface area contributed by atoms with Crippen molar-refractivity contribution >= 4 is 23.7 Å². The molecule has 0 spiro atoms. The molecular weight excluding hydrogens is 368 g/mol. The molecule has 138 valence electrons. The molecule has 1 aromatic heterocycles. The number of carbonyl (C=O) groups is 1. The number of methoxy groups -OCH3 is 2. The van der Waals surface area contributed by atoms with E-state index in [1.807, 2.05) is 0 Å². The Balaban J connectivity index is 1.73. The zero-order valence-corrected chi connectivity index (χ0v) is 15.4. The molecule has 3 aromatic rings. The number of rotatable bonds is 6. The summed E-state index contributed by atoms with van der Waals surface area (Å²) in [4.78, 5) is 12.2. The van der Waals surface area contributed by atoms with E-state index >= 15 is 0 Å². The first-order chi connectivity index (χ1) is 13.1. The number of hydrogen-bond acceptors (Lipinski definition) is 5. The molecule has 3 rings (SSSR count). The van der Waals surface area contributed by atoms with Gasteiger partial charge in [0.1, 0.15) is 17.2 Å². The smallest absolute Gasteiger partial charge is 0.289 e. The number of carbonyl (C=O) groups excluding carboxylic acids is 1. The highest BCUT2D eigenvalue weighted by molar-refractivity contribution is 6.30. The van der Waals surface area contributed by atoms with E-state index in [0.717, 1.165) is 5.56 Å². The van der Waals surface area contributed by atoms with Gasteiger partial charge < -0.3 is 9.47 Å². The molecule has 1 heterocycles. The first-order valence-electron chi connectivity index (χ1n) is 7.97. The van der Waals surface area contributed by atoms with Gasteiger partial charge >= 0.3 is 0 Å². The van der Waals surface area contributed by atoms with Crippen LogP contribution in [-0.2, 0) is 0 Å². The summed E-state index contributed by atoms with van der Waals surface area (Å²) in [7, 11) is 3.14. The molecule has 1 amide bonds. The minimum Gasteiger partial charge on any atom is -0.497 e. The number of nitrogens with zero attached hydrogens (tertiary/aromatic N) is 2. The van der Waals surface area contributed by atoms with Crippen LogP contribution in [0.2, 0.25) is 5.02 Å². The zero-order valence-electron chi connectivity index (χ0n) is 14.7. The van der Waals surface area contributed by atoms with Gasteiger partial charge in [0.15, 0.2) is 0 Å². The Morgan fingerprint density at radius 3 is 2.63 bits per heavy atom. The Bertz CT molecular complexity index is 967. The van der Waals surface area contributed by atoms with E-state index < -0.39 is 5.91 Å². The predicted molar refractivity (Wildman–Crippen MR) is 104 cm³/mol. The lowest BCUT2D eigenvalue weighted by atomic mass is 10.1. The van der Waals surface area contributed by atoms with Crippen LogP contribution in [0.1, 0.15) is 16.1 Å². The van der Waals surface area contributed by atoms with Crippen LogP contribution in [0.25, 0.3) is 11.3 Å². The third kappa shape index (κ3) is 4.45. The van der Waals surface area contributed by atoms with Crippen molar-refractivity contribution in [1.29, 1.82) is 0 Å². The van der Waals surface area contributed by atoms with E-state index in [0.29, 0.717) is 27.8 Å². The molecule has 0 fully saturated rings. The Hall–Kier alpha value is -3.32. The van der Waals surface area contributed by atoms with Crippen LogP contribution in [0.5, 0.6) is 11.5 Å². The van der Waals surface area contributed by atoms with Crippen molar-refractivity contribution in [3.8, 4) is 22.8 Å². The number of halogens is 1. The lowest BCUT2D eigenvalue weighted by Gasteiger charge is -2.08. The molecular formula is C19H17ClN4O3. The first kappa shape index (κ1) is 18.5. The summed E-state index contributed by atoms with van der Waals surface area (Å²) in [6.45, 7) is 0. The standard InChI is InChI=1S/C19H17ClN4O3/c1-26-14-7-8-18(27-2)15(9-14)16-10-17(23-22-16)19(25)24-21-11-12-3-5-13(20)6-4-12/h3-11H,1-2H3,(H,22,23)(H,24,25)/b21-11+. The molecule has 0 aliphatic rings. The van der Waals surface area contributed by atoms with Gasteiger partial charge in [-0.1, -0.05) is 23.7 Å². The molecule has 0 saturated carbocycles. The number of hydrogen-bond donors (Lipinski definition) is 2. The molecule has 27 heavy (non-hydrogen) atoms. The maximum atomic E-state index is 12.2. The summed E-state index contributed by atoms with van der Waals surface area (Å²) < 4.78 is 10.6. The van der Waals surface area contributed by atoms with Crippen molar-refractivity contribution in [3.63, 3.8) is 0 Å². The van der Waals surface area contributed by atoms with Crippen molar-refractivity contribution < 1.29 is 14.3 Å². The van der Waals surface area contributed by atoms with E-state index in [-0.39, 0.29) is 5.69 Å². The van der Waals surface area contributed by atoms with E-state index in [2.05, 4.69) is 20.7 Å². The molecule has 0 aliphatic carbocycles. The molecule has 7 nitrogen and oxygen atoms in total. The van der Waals surface area contributed by atoms with Gasteiger partial charge in [0.05, 0.1) is 26.1 Å². The molecule has 0 radical (unpaired) electrons. The van der Waals surface area contributed by atoms with Crippen LogP contribution in [0.4, 0.5) is 0 Å². The lowest BCUT2D eigenvalue weighted by Crippen LogP contribution is -2.17. The number of benzene rings is 2. The van der Waals surface area contributed by atoms with Gasteiger partial charge in [-0.05, 0) is 42.0 Å². The van der Waals surface area contributed by atoms with Crippen molar-refractivity contribution in [3.05, 3.63) is 64.8 Å². The molecule has 2 N–H and O–H groups in total. The van der Waals surface area contributed by atoms with Crippen LogP contribution in [0.15, 0.2) is 53.6 Å². The van der Waals surface area contributed by atoms with E-state index in [9.17, 15) is 4.79 Å². The lowest BCUT2D eigenvalue weighted by molar-refractivity contribution is 0.0950. The van der Waals surface area contributed by atoms with Gasteiger partial charge in [-0.2, -0.15) is 10.2 Å². The van der Waals surface area contributed by atoms with Gasteiger partial charge in [0.25, 0.3) is 5.91 Å². The van der Waals surface area contributed by atoms with Crippen molar-refractivity contribution in [2.75, 3.05) is 14.2 Å². The summed E-state index contributed by atoms with van der Waals surface area (Å²) in [6, 6.07) is 14.0. The van der Waals surface area contributed by atoms with Crippen molar-refractivity contribution in [1.82, 2.24) is 15.6 Å². The second-order valence-electron chi connectivity index (χ2n) is 5.48. The average molecular weight is 385 g/mol. The number of H-pyrrole nitrogens is 1. The Morgan fingerprint density at radius 2 is 1.93 bits per heavy atom. The fourth-order valence-electron chi connectivity index (χ4n) is 2.36. The van der Waals surface area contributed by atoms with Crippen LogP contribution >= 0.6 is 11.6 Å². The third-order valence-corrected chi connectivity index (χ3v) is 4.01. The van der Waals surface area contributed by atoms with Crippen LogP contribution in [0, 0.1) is 0 Å². The summed E-state index contributed by atoms with van der Waals surface area (Å²) in [5.41, 5.74) is 4.79. The fraction of sp³-hybridized carbons (Fsp3) is 0.105. The molecule has 2 aromatic carbocycles. The van der Waals surface area contributed by atoms with Crippen LogP contribution in [0.3, 0.4) is 0 Å². The first-order valence-corrected chi connectivity index (χ1v) is 8.35. The van der Waals surface area contributed by atoms with Gasteiger partial charge in [0, 0.05) is 10.6 Å². The van der Waals surface area contributed by atoms with Gasteiger partial charge in [0.2, 0.25) is 0 Å². The van der Waals surface area contributed by atoms with E-state index in [1.165, 1.54) is 6.21 Å². The molecule has 8 heteroatoms. The quantitative estimate of drug-likeness (QED) is 0.502. The largest absolute Gasteiger partial charge is 0.497 e. The Labute approximate surface area is 161 Å². The second kappa shape index (κ2) is 8.37. The summed E-state index contributed by atoms with van der Waals surface area (Å²) in [5, 5.41) is 11.4. The Kier molecular flexibility index (Phi) is 5.73. The molecule has 0 aliphatic heterocycles. The van der Waals surface area contributed by atoms with Crippen LogP contribution in [-0.4, -0.2) is 36.5 Å². The molecule has 0 bridgehead atoms. The van der Waals surface area contributed by atoms with Crippen molar-refractivity contribution in [2.45, 2.75) is 0 Å². The number of ether oxygens (including phenoxy) is 2. The highest BCUT2D eigenvalue weighted by Gasteiger charge is 2.14. The highest BCUT2D eigenvalue weighted by atomic mass is 35.5. The monoisotopic (exact) mass is 384 g/mol. The number of amides is 1. The van der Waals surface area contributed by atoms with Gasteiger partial charge in [-0.25, -0.2) is 5.43 Å². The topological polar surface area (TPSA) is 88.6 Å². The number of aromatic amines is 1. The van der Waals surface area contributed by atoms with Crippen molar-refractivity contribution in [2.24, 2.45) is 5.10 Å². The van der Waals surface area contributed by atoms with E-state index in [4.69, 9.17) is 21.1 Å². The number of nitrogens with one attached hydrogen (secondary N) is 2. The van der Waals surface area contributed by atoms with E-state index in [1.54, 1.807) is 62.8 Å². The minimum absolute atomic E-state index is 0.267. The third-order valence-electron chi connectivity index (χ3n) is 3.75. The normalized spacial score (nSPS) is 10.8. The number of hydrazone groups is 1. The van der Waals surface area contributed by atoms with Gasteiger partial charge in [-0.15, -0.1) is 0 Å². The maximum absolute atomic E-state index is 12.2.